The smallest absolute Gasteiger partial charge is 0.0901 e. The van der Waals surface area contributed by atoms with Crippen molar-refractivity contribution in [3.63, 3.8) is 0 Å². The third-order valence-electron chi connectivity index (χ3n) is 2.74. The highest BCUT2D eigenvalue weighted by molar-refractivity contribution is 7.09. The van der Waals surface area contributed by atoms with Crippen molar-refractivity contribution in [3.05, 3.63) is 39.2 Å². The Morgan fingerprint density at radius 2 is 1.47 bits per heavy atom. The third kappa shape index (κ3) is 3.16. The largest absolute Gasteiger partial charge is 0.242 e. The van der Waals surface area contributed by atoms with Crippen LogP contribution in [0.1, 0.15) is 35.5 Å². The summed E-state index contributed by atoms with van der Waals surface area (Å²) in [6.07, 6.45) is 0. The minimum absolute atomic E-state index is 1.11. The summed E-state index contributed by atoms with van der Waals surface area (Å²) in [6.45, 7) is 12.5. The molecule has 1 aromatic carbocycles. The Balaban J connectivity index is 0.000000686. The molecular formula is C15H21NS. The number of hydrogen-bond acceptors (Lipinski definition) is 2. The predicted molar refractivity (Wildman–Crippen MR) is 77.8 cm³/mol. The molecule has 0 unspecified atom stereocenters. The fraction of sp³-hybridized carbons (Fsp3) is 0.400. The van der Waals surface area contributed by atoms with E-state index in [1.807, 2.05) is 20.8 Å². The van der Waals surface area contributed by atoms with E-state index in [-0.39, 0.29) is 0 Å². The van der Waals surface area contributed by atoms with Gasteiger partial charge in [0.2, 0.25) is 0 Å². The lowest BCUT2D eigenvalue weighted by Crippen LogP contribution is -1.88. The molecule has 2 rings (SSSR count). The average Bonchev–Trinajstić information content (AvgIpc) is 2.73. The zero-order valence-corrected chi connectivity index (χ0v) is 12.4. The second-order valence-corrected chi connectivity index (χ2v) is 5.07. The van der Waals surface area contributed by atoms with Gasteiger partial charge in [0.05, 0.1) is 10.7 Å². The van der Waals surface area contributed by atoms with Crippen LogP contribution in [0.3, 0.4) is 0 Å². The highest BCUT2D eigenvalue weighted by atomic mass is 32.1. The van der Waals surface area contributed by atoms with E-state index in [0.717, 1.165) is 10.7 Å². The molecule has 1 aromatic heterocycles. The Bertz CT molecular complexity index is 498. The van der Waals surface area contributed by atoms with Gasteiger partial charge in [0.15, 0.2) is 0 Å². The normalized spacial score (nSPS) is 9.76. The van der Waals surface area contributed by atoms with Crippen LogP contribution in [-0.4, -0.2) is 4.98 Å². The molecule has 1 heterocycles. The van der Waals surface area contributed by atoms with Crippen molar-refractivity contribution in [2.45, 2.75) is 41.5 Å². The number of aromatic nitrogens is 1. The van der Waals surface area contributed by atoms with Gasteiger partial charge in [-0.25, -0.2) is 4.98 Å². The summed E-state index contributed by atoms with van der Waals surface area (Å²) in [5.41, 5.74) is 6.37. The maximum Gasteiger partial charge on any atom is 0.0901 e. The van der Waals surface area contributed by atoms with Gasteiger partial charge in [0.1, 0.15) is 0 Å². The summed E-state index contributed by atoms with van der Waals surface area (Å²) < 4.78 is 0. The van der Waals surface area contributed by atoms with E-state index in [0.29, 0.717) is 0 Å². The summed E-state index contributed by atoms with van der Waals surface area (Å²) in [5.74, 6) is 0. The quantitative estimate of drug-likeness (QED) is 0.685. The first-order chi connectivity index (χ1) is 8.08. The number of benzene rings is 1. The van der Waals surface area contributed by atoms with E-state index in [4.69, 9.17) is 0 Å². The van der Waals surface area contributed by atoms with Gasteiger partial charge in [0.25, 0.3) is 0 Å². The van der Waals surface area contributed by atoms with E-state index in [1.54, 1.807) is 11.3 Å². The zero-order valence-electron chi connectivity index (χ0n) is 11.6. The predicted octanol–water partition coefficient (Wildman–Crippen LogP) is 5.07. The lowest BCUT2D eigenvalue weighted by molar-refractivity contribution is 1.26. The first kappa shape index (κ1) is 13.9. The minimum atomic E-state index is 1.11. The van der Waals surface area contributed by atoms with Crippen molar-refractivity contribution < 1.29 is 0 Å². The van der Waals surface area contributed by atoms with Crippen LogP contribution in [0.5, 0.6) is 0 Å². The van der Waals surface area contributed by atoms with Crippen molar-refractivity contribution in [2.24, 2.45) is 0 Å². The lowest BCUT2D eigenvalue weighted by Gasteiger charge is -2.07. The summed E-state index contributed by atoms with van der Waals surface area (Å²) in [6, 6.07) is 4.47. The van der Waals surface area contributed by atoms with Crippen LogP contribution in [0.25, 0.3) is 11.3 Å². The highest BCUT2D eigenvalue weighted by Gasteiger charge is 2.07. The average molecular weight is 247 g/mol. The van der Waals surface area contributed by atoms with Gasteiger partial charge in [-0.15, -0.1) is 11.3 Å². The molecule has 0 bridgehead atoms. The van der Waals surface area contributed by atoms with Crippen molar-refractivity contribution in [1.29, 1.82) is 0 Å². The first-order valence-corrected chi connectivity index (χ1v) is 6.96. The fourth-order valence-corrected chi connectivity index (χ4v) is 2.34. The minimum Gasteiger partial charge on any atom is -0.242 e. The molecule has 92 valence electrons. The van der Waals surface area contributed by atoms with Gasteiger partial charge in [-0.3, -0.25) is 0 Å². The molecule has 0 spiro atoms. The van der Waals surface area contributed by atoms with Gasteiger partial charge in [-0.2, -0.15) is 0 Å². The molecule has 0 aliphatic rings. The molecule has 0 saturated carbocycles. The van der Waals surface area contributed by atoms with Crippen molar-refractivity contribution in [3.8, 4) is 11.3 Å². The van der Waals surface area contributed by atoms with Crippen LogP contribution >= 0.6 is 11.3 Å². The highest BCUT2D eigenvalue weighted by Crippen LogP contribution is 2.27. The van der Waals surface area contributed by atoms with Gasteiger partial charge in [-0.05, 0) is 50.5 Å². The fourth-order valence-electron chi connectivity index (χ4n) is 1.72. The van der Waals surface area contributed by atoms with Gasteiger partial charge in [0, 0.05) is 10.9 Å². The third-order valence-corrected chi connectivity index (χ3v) is 3.51. The maximum absolute atomic E-state index is 4.53. The van der Waals surface area contributed by atoms with Gasteiger partial charge < -0.3 is 0 Å². The van der Waals surface area contributed by atoms with Crippen LogP contribution in [0.15, 0.2) is 17.5 Å². The molecule has 0 amide bonds. The number of nitrogens with zero attached hydrogens (tertiary/aromatic N) is 1. The van der Waals surface area contributed by atoms with Crippen LogP contribution in [0, 0.1) is 27.7 Å². The van der Waals surface area contributed by atoms with Crippen LogP contribution in [-0.2, 0) is 0 Å². The van der Waals surface area contributed by atoms with Gasteiger partial charge >= 0.3 is 0 Å². The second-order valence-electron chi connectivity index (χ2n) is 4.00. The monoisotopic (exact) mass is 247 g/mol. The molecule has 2 aromatic rings. The van der Waals surface area contributed by atoms with E-state index >= 15 is 0 Å². The number of rotatable bonds is 1. The van der Waals surface area contributed by atoms with Crippen LogP contribution < -0.4 is 0 Å². The van der Waals surface area contributed by atoms with Gasteiger partial charge in [-0.1, -0.05) is 19.9 Å². The molecule has 2 heteroatoms. The number of thiazole rings is 1. The van der Waals surface area contributed by atoms with Crippen molar-refractivity contribution in [1.82, 2.24) is 4.98 Å². The van der Waals surface area contributed by atoms with E-state index < -0.39 is 0 Å². The molecule has 0 aliphatic heterocycles. The summed E-state index contributed by atoms with van der Waals surface area (Å²) >= 11 is 1.71. The van der Waals surface area contributed by atoms with E-state index in [1.165, 1.54) is 22.3 Å². The second kappa shape index (κ2) is 5.97. The number of hydrogen-bond donors (Lipinski definition) is 0. The van der Waals surface area contributed by atoms with E-state index in [9.17, 15) is 0 Å². The Labute approximate surface area is 109 Å². The van der Waals surface area contributed by atoms with Crippen LogP contribution in [0.4, 0.5) is 0 Å². The summed E-state index contributed by atoms with van der Waals surface area (Å²) in [5, 5.41) is 3.26. The van der Waals surface area contributed by atoms with Crippen molar-refractivity contribution >= 4 is 11.3 Å². The molecular weight excluding hydrogens is 226 g/mol. The Hall–Kier alpha value is -1.15. The van der Waals surface area contributed by atoms with E-state index in [2.05, 4.69) is 43.3 Å². The van der Waals surface area contributed by atoms with Crippen LogP contribution in [0.2, 0.25) is 0 Å². The molecule has 0 aliphatic carbocycles. The zero-order chi connectivity index (χ0) is 13.0. The Morgan fingerprint density at radius 1 is 0.882 bits per heavy atom. The lowest BCUT2D eigenvalue weighted by atomic mass is 9.99. The molecule has 0 radical (unpaired) electrons. The molecule has 17 heavy (non-hydrogen) atoms. The molecule has 0 saturated heterocycles. The SMILES string of the molecule is CC.Cc1nc(-c2cc(C)c(C)cc2C)cs1. The summed E-state index contributed by atoms with van der Waals surface area (Å²) in [7, 11) is 0. The molecule has 1 nitrogen and oxygen atoms in total. The topological polar surface area (TPSA) is 12.9 Å². The maximum atomic E-state index is 4.53. The molecule has 0 atom stereocenters. The number of aryl methyl sites for hydroxylation is 4. The first-order valence-electron chi connectivity index (χ1n) is 6.08. The van der Waals surface area contributed by atoms with Crippen molar-refractivity contribution in [2.75, 3.05) is 0 Å². The Kier molecular flexibility index (Phi) is 4.88. The standard InChI is InChI=1S/C13H15NS.C2H6/c1-8-5-10(3)12(6-9(8)2)13-7-15-11(4)14-13;1-2/h5-7H,1-4H3;1-2H3. The summed E-state index contributed by atoms with van der Waals surface area (Å²) in [4.78, 5) is 4.53. The molecule has 0 fully saturated rings. The molecule has 0 N–H and O–H groups in total. The Morgan fingerprint density at radius 3 is 2.00 bits per heavy atom.